The van der Waals surface area contributed by atoms with Gasteiger partial charge in [-0.3, -0.25) is 9.59 Å². The van der Waals surface area contributed by atoms with Crippen LogP contribution in [-0.4, -0.2) is 18.4 Å². The summed E-state index contributed by atoms with van der Waals surface area (Å²) in [5.74, 6) is 1.11. The van der Waals surface area contributed by atoms with Crippen LogP contribution in [0.3, 0.4) is 0 Å². The zero-order chi connectivity index (χ0) is 22.2. The lowest BCUT2D eigenvalue weighted by molar-refractivity contribution is -0.135. The van der Waals surface area contributed by atoms with E-state index in [1.165, 1.54) is 6.26 Å². The monoisotopic (exact) mass is 428 g/mol. The molecule has 1 aromatic heterocycles. The third kappa shape index (κ3) is 3.50. The van der Waals surface area contributed by atoms with E-state index < -0.39 is 5.92 Å². The number of hydrogen-bond acceptors (Lipinski definition) is 6. The van der Waals surface area contributed by atoms with Gasteiger partial charge in [0, 0.05) is 23.1 Å². The molecule has 0 unspecified atom stereocenters. The largest absolute Gasteiger partial charge is 0.489 e. The summed E-state index contributed by atoms with van der Waals surface area (Å²) in [7, 11) is 0. The predicted molar refractivity (Wildman–Crippen MR) is 117 cm³/mol. The fourth-order valence-electron chi connectivity index (χ4n) is 3.98. The number of benzene rings is 2. The van der Waals surface area contributed by atoms with Crippen LogP contribution in [0.15, 0.2) is 77.1 Å². The Hall–Kier alpha value is -4.06. The fraction of sp³-hybridized carbons (Fsp3) is 0.154. The molecule has 2 aliphatic rings. The van der Waals surface area contributed by atoms with Gasteiger partial charge in [0.2, 0.25) is 5.78 Å². The first kappa shape index (κ1) is 19.9. The highest BCUT2D eigenvalue weighted by molar-refractivity contribution is 6.15. The third-order valence-corrected chi connectivity index (χ3v) is 5.36. The van der Waals surface area contributed by atoms with Crippen molar-refractivity contribution in [1.29, 1.82) is 0 Å². The van der Waals surface area contributed by atoms with Crippen molar-refractivity contribution in [2.45, 2.75) is 19.3 Å². The van der Waals surface area contributed by atoms with Crippen molar-refractivity contribution in [1.82, 2.24) is 0 Å². The molecule has 6 heteroatoms. The summed E-state index contributed by atoms with van der Waals surface area (Å²) < 4.78 is 22.8. The van der Waals surface area contributed by atoms with Crippen LogP contribution in [0.2, 0.25) is 0 Å². The van der Waals surface area contributed by atoms with E-state index in [0.29, 0.717) is 40.7 Å². The van der Waals surface area contributed by atoms with E-state index in [-0.39, 0.29) is 23.9 Å². The number of carbonyl (C=O) groups is 2. The number of Topliss-reactive ketones (excluding diaryl/α,β-unsaturated/α-hetero) is 1. The normalized spacial score (nSPS) is 18.0. The molecular weight excluding hydrogens is 408 g/mol. The van der Waals surface area contributed by atoms with Crippen molar-refractivity contribution in [3.8, 4) is 17.2 Å². The lowest BCUT2D eigenvalue weighted by Crippen LogP contribution is -2.22. The highest BCUT2D eigenvalue weighted by Gasteiger charge is 2.39. The molecule has 6 nitrogen and oxygen atoms in total. The number of esters is 1. The van der Waals surface area contributed by atoms with Crippen molar-refractivity contribution in [3.05, 3.63) is 95.2 Å². The van der Waals surface area contributed by atoms with Crippen molar-refractivity contribution in [2.75, 3.05) is 6.61 Å². The van der Waals surface area contributed by atoms with Gasteiger partial charge in [0.1, 0.15) is 29.6 Å². The van der Waals surface area contributed by atoms with E-state index in [1.54, 1.807) is 30.3 Å². The molecule has 1 atom stereocenters. The summed E-state index contributed by atoms with van der Waals surface area (Å²) >= 11 is 0. The van der Waals surface area contributed by atoms with Gasteiger partial charge < -0.3 is 18.6 Å². The Morgan fingerprint density at radius 1 is 1.12 bits per heavy atom. The smallest absolute Gasteiger partial charge is 0.312 e. The Morgan fingerprint density at radius 3 is 2.75 bits per heavy atom. The lowest BCUT2D eigenvalue weighted by Gasteiger charge is -2.27. The van der Waals surface area contributed by atoms with Crippen LogP contribution >= 0.6 is 0 Å². The molecule has 0 radical (unpaired) electrons. The van der Waals surface area contributed by atoms with Gasteiger partial charge in [-0.1, -0.05) is 24.8 Å². The highest BCUT2D eigenvalue weighted by atomic mass is 16.5. The summed E-state index contributed by atoms with van der Waals surface area (Å²) in [6.07, 6.45) is 3.19. The number of rotatable bonds is 5. The lowest BCUT2D eigenvalue weighted by atomic mass is 9.84. The number of para-hydroxylation sites is 1. The molecule has 5 rings (SSSR count). The second-order valence-corrected chi connectivity index (χ2v) is 7.82. The molecule has 0 saturated carbocycles. The van der Waals surface area contributed by atoms with Gasteiger partial charge in [0.05, 0.1) is 18.2 Å². The summed E-state index contributed by atoms with van der Waals surface area (Å²) in [5, 5.41) is 0. The maximum Gasteiger partial charge on any atom is 0.312 e. The highest BCUT2D eigenvalue weighted by Crippen LogP contribution is 2.50. The van der Waals surface area contributed by atoms with Crippen molar-refractivity contribution in [2.24, 2.45) is 0 Å². The van der Waals surface area contributed by atoms with Gasteiger partial charge in [-0.15, -0.1) is 0 Å². The summed E-state index contributed by atoms with van der Waals surface area (Å²) in [6, 6.07) is 14.3. The molecule has 2 aliphatic heterocycles. The Bertz CT molecular complexity index is 1270. The SMILES string of the molecule is C=C(C)COc1ccccc1[C@@H]1CC(=O)Oc2ccc3c(c21)O/C(=C\c1ccco1)C3=O. The Labute approximate surface area is 184 Å². The van der Waals surface area contributed by atoms with Crippen LogP contribution in [0.5, 0.6) is 17.2 Å². The number of ketones is 1. The van der Waals surface area contributed by atoms with E-state index >= 15 is 0 Å². The van der Waals surface area contributed by atoms with Gasteiger partial charge in [0.15, 0.2) is 5.76 Å². The molecule has 2 aromatic carbocycles. The molecular formula is C26H20O6. The zero-order valence-corrected chi connectivity index (χ0v) is 17.4. The standard InChI is InChI=1S/C26H20O6/c1-15(2)14-30-20-8-4-3-7-17(20)19-13-23(27)31-21-10-9-18-25(28)22(32-26(18)24(19)21)12-16-6-5-11-29-16/h3-12,19H,1,13-14H2,2H3/b22-12-/t19-/m0/s1. The van der Waals surface area contributed by atoms with Gasteiger partial charge in [-0.25, -0.2) is 0 Å². The van der Waals surface area contributed by atoms with Gasteiger partial charge >= 0.3 is 5.97 Å². The molecule has 160 valence electrons. The van der Waals surface area contributed by atoms with E-state index in [4.69, 9.17) is 18.6 Å². The Balaban J connectivity index is 1.61. The van der Waals surface area contributed by atoms with E-state index in [2.05, 4.69) is 6.58 Å². The second-order valence-electron chi connectivity index (χ2n) is 7.82. The van der Waals surface area contributed by atoms with Gasteiger partial charge in [-0.05, 0) is 42.8 Å². The third-order valence-electron chi connectivity index (χ3n) is 5.36. The molecule has 3 heterocycles. The second kappa shape index (κ2) is 7.89. The van der Waals surface area contributed by atoms with E-state index in [1.807, 2.05) is 31.2 Å². The molecule has 0 amide bonds. The van der Waals surface area contributed by atoms with Crippen LogP contribution in [0.25, 0.3) is 6.08 Å². The van der Waals surface area contributed by atoms with Crippen molar-refractivity contribution < 1.29 is 28.2 Å². The predicted octanol–water partition coefficient (Wildman–Crippen LogP) is 5.29. The Kier molecular flexibility index (Phi) is 4.90. The average Bonchev–Trinajstić information content (AvgIpc) is 3.40. The Morgan fingerprint density at radius 2 is 1.97 bits per heavy atom. The number of ether oxygens (including phenoxy) is 3. The van der Waals surface area contributed by atoms with Gasteiger partial charge in [0.25, 0.3) is 0 Å². The van der Waals surface area contributed by atoms with Crippen LogP contribution < -0.4 is 14.2 Å². The van der Waals surface area contributed by atoms with Crippen LogP contribution in [0.4, 0.5) is 0 Å². The van der Waals surface area contributed by atoms with E-state index in [0.717, 1.165) is 11.1 Å². The maximum absolute atomic E-state index is 13.0. The summed E-state index contributed by atoms with van der Waals surface area (Å²) in [6.45, 7) is 6.13. The summed E-state index contributed by atoms with van der Waals surface area (Å²) in [4.78, 5) is 25.4. The first-order chi connectivity index (χ1) is 15.5. The molecule has 32 heavy (non-hydrogen) atoms. The molecule has 0 saturated heterocycles. The average molecular weight is 428 g/mol. The minimum absolute atomic E-state index is 0.103. The van der Waals surface area contributed by atoms with E-state index in [9.17, 15) is 9.59 Å². The number of fused-ring (bicyclic) bond motifs is 3. The quantitative estimate of drug-likeness (QED) is 0.238. The molecule has 0 bridgehead atoms. The first-order valence-corrected chi connectivity index (χ1v) is 10.2. The van der Waals surface area contributed by atoms with Gasteiger partial charge in [-0.2, -0.15) is 0 Å². The minimum Gasteiger partial charge on any atom is -0.489 e. The molecule has 3 aromatic rings. The van der Waals surface area contributed by atoms with Crippen LogP contribution in [0, 0.1) is 0 Å². The topological polar surface area (TPSA) is 75.0 Å². The number of hydrogen-bond donors (Lipinski definition) is 0. The molecule has 0 fully saturated rings. The number of carbonyl (C=O) groups excluding carboxylic acids is 2. The maximum atomic E-state index is 13.0. The van der Waals surface area contributed by atoms with Crippen molar-refractivity contribution >= 4 is 17.8 Å². The number of allylic oxidation sites excluding steroid dienone is 1. The zero-order valence-electron chi connectivity index (χ0n) is 17.4. The van der Waals surface area contributed by atoms with Crippen molar-refractivity contribution in [3.63, 3.8) is 0 Å². The molecule has 0 aliphatic carbocycles. The summed E-state index contributed by atoms with van der Waals surface area (Å²) in [5.41, 5.74) is 2.78. The molecule has 0 spiro atoms. The first-order valence-electron chi connectivity index (χ1n) is 10.2. The minimum atomic E-state index is -0.390. The fourth-order valence-corrected chi connectivity index (χ4v) is 3.98. The number of furan rings is 1. The van der Waals surface area contributed by atoms with Crippen LogP contribution in [0.1, 0.15) is 46.5 Å². The van der Waals surface area contributed by atoms with Crippen LogP contribution in [-0.2, 0) is 4.79 Å². The molecule has 0 N–H and O–H groups in total.